The number of carboxylic acid groups (broad SMARTS) is 3. The van der Waals surface area contributed by atoms with Crippen LogP contribution in [0.15, 0.2) is 0 Å². The van der Waals surface area contributed by atoms with Crippen LogP contribution in [0.1, 0.15) is 12.8 Å². The Kier molecular flexibility index (Phi) is 41.3. The normalized spacial score (nSPS) is 7.42. The molecule has 0 aliphatic rings. The molecule has 0 unspecified atom stereocenters. The van der Waals surface area contributed by atoms with Gasteiger partial charge in [-0.25, -0.2) is 0 Å². The summed E-state index contributed by atoms with van der Waals surface area (Å²) in [4.78, 5) is 30.0. The van der Waals surface area contributed by atoms with Crippen LogP contribution in [-0.2, 0) is 14.4 Å². The van der Waals surface area contributed by atoms with Gasteiger partial charge in [-0.2, -0.15) is 0 Å². The molecule has 0 fully saturated rings. The van der Waals surface area contributed by atoms with Gasteiger partial charge in [0, 0.05) is 50.0 Å². The number of rotatable bonds is 5. The minimum Gasteiger partial charge on any atom is -0.550 e. The van der Waals surface area contributed by atoms with Gasteiger partial charge in [0.05, 0.1) is 5.97 Å². The van der Waals surface area contributed by atoms with Crippen molar-refractivity contribution in [2.24, 2.45) is 0 Å². The van der Waals surface area contributed by atoms with E-state index in [1.54, 1.807) is 0 Å². The topological polar surface area (TPSA) is 141 Å². The molecule has 0 spiro atoms. The molecule has 19 heavy (non-hydrogen) atoms. The van der Waals surface area contributed by atoms with Gasteiger partial charge in [0.25, 0.3) is 0 Å². The summed E-state index contributed by atoms with van der Waals surface area (Å²) in [7, 11) is 0. The Morgan fingerprint density at radius 1 is 0.789 bits per heavy atom. The van der Waals surface area contributed by atoms with Crippen molar-refractivity contribution in [1.29, 1.82) is 0 Å². The average molecular weight is 242 g/mol. The van der Waals surface area contributed by atoms with Gasteiger partial charge in [-0.3, -0.25) is 0 Å². The van der Waals surface area contributed by atoms with Crippen molar-refractivity contribution >= 4 is 43.1 Å². The maximum absolute atomic E-state index is 10.1. The Labute approximate surface area is 152 Å². The van der Waals surface area contributed by atoms with Gasteiger partial charge in [-0.1, -0.05) is 0 Å². The van der Waals surface area contributed by atoms with Gasteiger partial charge < -0.3 is 34.8 Å². The maximum Gasteiger partial charge on any atom is 1.00 e. The molecule has 83 valence electrons. The molecule has 13 heteroatoms. The zero-order valence-electron chi connectivity index (χ0n) is 11.0. The summed E-state index contributed by atoms with van der Waals surface area (Å²) in [5.41, 5.74) is -2.97. The molecule has 9 radical (unpaired) electrons. The fourth-order valence-corrected chi connectivity index (χ4v) is 0.684. The first-order valence-corrected chi connectivity index (χ1v) is 3.11. The van der Waals surface area contributed by atoms with Crippen LogP contribution >= 0.6 is 0 Å². The fraction of sp³-hybridized carbons (Fsp3) is 0.500. The van der Waals surface area contributed by atoms with E-state index < -0.39 is 36.4 Å². The first-order chi connectivity index (χ1) is 5.78. The SMILES string of the molecule is O=C([O-])CC(O)(CC(=O)[O-])C(=O)[O-].[B].[B].[B].[Li+].[Li+].[Li+]. The number of aliphatic carboxylic acids is 3. The third-order valence-corrected chi connectivity index (χ3v) is 1.25. The van der Waals surface area contributed by atoms with E-state index in [1.807, 2.05) is 0 Å². The molecule has 7 nitrogen and oxygen atoms in total. The van der Waals surface area contributed by atoms with Crippen LogP contribution in [0, 0.1) is 0 Å². The maximum atomic E-state index is 10.1. The molecular weight excluding hydrogens is 237 g/mol. The molecule has 0 aromatic carbocycles. The van der Waals surface area contributed by atoms with Crippen molar-refractivity contribution in [1.82, 2.24) is 0 Å². The smallest absolute Gasteiger partial charge is 0.550 e. The summed E-state index contributed by atoms with van der Waals surface area (Å²) >= 11 is 0. The quantitative estimate of drug-likeness (QED) is 0.472. The molecule has 0 rings (SSSR count). The average Bonchev–Trinajstić information content (AvgIpc) is 1.82. The van der Waals surface area contributed by atoms with Crippen LogP contribution in [-0.4, -0.2) is 53.9 Å². The van der Waals surface area contributed by atoms with Crippen molar-refractivity contribution in [3.05, 3.63) is 0 Å². The van der Waals surface area contributed by atoms with E-state index in [9.17, 15) is 29.7 Å². The second kappa shape index (κ2) is 18.4. The van der Waals surface area contributed by atoms with Gasteiger partial charge in [0.15, 0.2) is 0 Å². The molecule has 0 amide bonds. The van der Waals surface area contributed by atoms with Crippen LogP contribution in [0.2, 0.25) is 0 Å². The van der Waals surface area contributed by atoms with Crippen molar-refractivity contribution in [2.75, 3.05) is 0 Å². The van der Waals surface area contributed by atoms with Crippen LogP contribution in [0.3, 0.4) is 0 Å². The summed E-state index contributed by atoms with van der Waals surface area (Å²) in [5, 5.41) is 38.9. The third kappa shape index (κ3) is 18.4. The van der Waals surface area contributed by atoms with Gasteiger partial charge in [0.1, 0.15) is 5.60 Å². The Morgan fingerprint density at radius 3 is 1.11 bits per heavy atom. The van der Waals surface area contributed by atoms with E-state index in [-0.39, 0.29) is 81.8 Å². The predicted octanol–water partition coefficient (Wildman–Crippen LogP) is -15.4. The van der Waals surface area contributed by atoms with E-state index >= 15 is 0 Å². The summed E-state index contributed by atoms with van der Waals surface area (Å²) in [6.07, 6.45) is -2.72. The number of carbonyl (C=O) groups is 3. The van der Waals surface area contributed by atoms with Crippen LogP contribution < -0.4 is 71.9 Å². The number of carbonyl (C=O) groups excluding carboxylic acids is 3. The van der Waals surface area contributed by atoms with Crippen LogP contribution in [0.4, 0.5) is 0 Å². The standard InChI is InChI=1S/C6H8O7.3B.3Li/c7-3(8)1-6(13,5(11)12)2-4(9)10;;;;;;/h13H,1-2H2,(H,7,8)(H,9,10)(H,11,12);;;;;;/q;;;;3*+1/p-3. The molecule has 0 bridgehead atoms. The minimum absolute atomic E-state index is 0. The zero-order chi connectivity index (χ0) is 10.6. The molecule has 0 aliphatic heterocycles. The van der Waals surface area contributed by atoms with Crippen LogP contribution in [0.5, 0.6) is 0 Å². The third-order valence-electron chi connectivity index (χ3n) is 1.25. The summed E-state index contributed by atoms with van der Waals surface area (Å²) in [5.74, 6) is -5.98. The molecule has 0 saturated heterocycles. The Bertz CT molecular complexity index is 250. The molecule has 0 heterocycles. The van der Waals surface area contributed by atoms with Gasteiger partial charge in [-0.15, -0.1) is 0 Å². The molecule has 0 aliphatic carbocycles. The second-order valence-corrected chi connectivity index (χ2v) is 2.42. The summed E-state index contributed by atoms with van der Waals surface area (Å²) < 4.78 is 0. The monoisotopic (exact) mass is 243 g/mol. The van der Waals surface area contributed by atoms with Gasteiger partial charge >= 0.3 is 56.6 Å². The first kappa shape index (κ1) is 42.7. The molecule has 0 atom stereocenters. The molecule has 0 aromatic rings. The Morgan fingerprint density at radius 2 is 1.00 bits per heavy atom. The Balaban J connectivity index is -0.0000000480. The zero-order valence-corrected chi connectivity index (χ0v) is 11.0. The number of hydrogen-bond donors (Lipinski definition) is 1. The van der Waals surface area contributed by atoms with Crippen molar-refractivity contribution in [3.63, 3.8) is 0 Å². The van der Waals surface area contributed by atoms with Crippen LogP contribution in [0.25, 0.3) is 0 Å². The van der Waals surface area contributed by atoms with Crippen molar-refractivity contribution < 1.29 is 91.4 Å². The molecule has 0 aromatic heterocycles. The van der Waals surface area contributed by atoms with Crippen molar-refractivity contribution in [3.8, 4) is 0 Å². The second-order valence-electron chi connectivity index (χ2n) is 2.42. The van der Waals surface area contributed by atoms with E-state index in [1.165, 1.54) is 0 Å². The summed E-state index contributed by atoms with van der Waals surface area (Å²) in [6, 6.07) is 0. The largest absolute Gasteiger partial charge is 1.00 e. The molecular formula is C6H5B3Li3O7. The fourth-order valence-electron chi connectivity index (χ4n) is 0.684. The van der Waals surface area contributed by atoms with E-state index in [0.29, 0.717) is 0 Å². The molecule has 0 saturated carbocycles. The van der Waals surface area contributed by atoms with E-state index in [0.717, 1.165) is 0 Å². The number of hydrogen-bond acceptors (Lipinski definition) is 7. The minimum atomic E-state index is -2.97. The van der Waals surface area contributed by atoms with Crippen molar-refractivity contribution in [2.45, 2.75) is 18.4 Å². The summed E-state index contributed by atoms with van der Waals surface area (Å²) in [6.45, 7) is 0. The van der Waals surface area contributed by atoms with Gasteiger partial charge in [-0.05, 0) is 0 Å². The number of aliphatic hydroxyl groups is 1. The first-order valence-electron chi connectivity index (χ1n) is 3.11. The Hall–Kier alpha value is 0.357. The van der Waals surface area contributed by atoms with Gasteiger partial charge in [0.2, 0.25) is 0 Å². The van der Waals surface area contributed by atoms with E-state index in [2.05, 4.69) is 0 Å². The van der Waals surface area contributed by atoms with E-state index in [4.69, 9.17) is 5.11 Å². The molecule has 1 N–H and O–H groups in total. The predicted molar refractivity (Wildman–Crippen MR) is 46.5 cm³/mol. The number of carboxylic acids is 3.